The number of nitrogens with zero attached hydrogens (tertiary/aromatic N) is 4. The Morgan fingerprint density at radius 2 is 1.29 bits per heavy atom. The summed E-state index contributed by atoms with van der Waals surface area (Å²) in [7, 11) is 0. The van der Waals surface area contributed by atoms with Crippen LogP contribution in [0.3, 0.4) is 0 Å². The van der Waals surface area contributed by atoms with Gasteiger partial charge in [0.1, 0.15) is 0 Å². The fourth-order valence-corrected chi connectivity index (χ4v) is 7.12. The van der Waals surface area contributed by atoms with E-state index in [0.717, 1.165) is 65.2 Å². The zero-order chi connectivity index (χ0) is 31.8. The Balaban J connectivity index is 1.58. The van der Waals surface area contributed by atoms with Crippen molar-refractivity contribution in [2.24, 2.45) is 0 Å². The lowest BCUT2D eigenvalue weighted by Gasteiger charge is -2.30. The van der Waals surface area contributed by atoms with E-state index in [-0.39, 0.29) is 0 Å². The zero-order valence-electron chi connectivity index (χ0n) is 28.6. The lowest BCUT2D eigenvalue weighted by Crippen LogP contribution is -2.33. The van der Waals surface area contributed by atoms with Gasteiger partial charge in [-0.1, -0.05) is 88.4 Å². The van der Waals surface area contributed by atoms with Crippen LogP contribution in [-0.2, 0) is 12.8 Å². The number of benzene rings is 3. The molecule has 2 aliphatic rings. The lowest BCUT2D eigenvalue weighted by atomic mass is 9.88. The number of hydrogen-bond donors (Lipinski definition) is 0. The highest BCUT2D eigenvalue weighted by molar-refractivity contribution is 5.87. The van der Waals surface area contributed by atoms with E-state index in [4.69, 9.17) is 0 Å². The van der Waals surface area contributed by atoms with Gasteiger partial charge in [-0.2, -0.15) is 0 Å². The van der Waals surface area contributed by atoms with Gasteiger partial charge in [-0.05, 0) is 117 Å². The largest absolute Gasteiger partial charge is 0.372 e. The molecule has 0 fully saturated rings. The molecule has 0 atom stereocenters. The van der Waals surface area contributed by atoms with E-state index in [1.165, 1.54) is 50.5 Å². The topological polar surface area (TPSA) is 13.0 Å². The van der Waals surface area contributed by atoms with E-state index in [9.17, 15) is 0 Å². The van der Waals surface area contributed by atoms with Crippen molar-refractivity contribution in [2.45, 2.75) is 60.4 Å². The van der Waals surface area contributed by atoms with E-state index in [2.05, 4.69) is 152 Å². The molecule has 0 bridgehead atoms. The summed E-state index contributed by atoms with van der Waals surface area (Å²) in [5.41, 5.74) is 12.0. The number of allylic oxidation sites excluding steroid dienone is 3. The molecule has 3 aromatic carbocycles. The van der Waals surface area contributed by atoms with Crippen molar-refractivity contribution in [2.75, 3.05) is 62.2 Å². The number of fused-ring (bicyclic) bond motifs is 2. The van der Waals surface area contributed by atoms with E-state index < -0.39 is 0 Å². The highest BCUT2D eigenvalue weighted by Crippen LogP contribution is 2.39. The number of hydrogen-bond acceptors (Lipinski definition) is 4. The highest BCUT2D eigenvalue weighted by atomic mass is 15.2. The Bertz CT molecular complexity index is 1470. The molecule has 0 radical (unpaired) electrons. The van der Waals surface area contributed by atoms with Gasteiger partial charge in [0.05, 0.1) is 0 Å². The molecule has 0 spiro atoms. The number of para-hydroxylation sites is 1. The monoisotopic (exact) mass is 602 g/mol. The van der Waals surface area contributed by atoms with Crippen LogP contribution in [0.4, 0.5) is 17.1 Å². The van der Waals surface area contributed by atoms with Gasteiger partial charge in [0.25, 0.3) is 0 Å². The third-order valence-corrected chi connectivity index (χ3v) is 9.89. The second-order valence-electron chi connectivity index (χ2n) is 12.1. The molecule has 1 aliphatic carbocycles. The van der Waals surface area contributed by atoms with Gasteiger partial charge in [-0.15, -0.1) is 0 Å². The Kier molecular flexibility index (Phi) is 11.4. The smallest absolute Gasteiger partial charge is 0.0467 e. The minimum absolute atomic E-state index is 0.347. The van der Waals surface area contributed by atoms with Crippen LogP contribution in [0.1, 0.15) is 63.8 Å². The first-order chi connectivity index (χ1) is 22.0. The van der Waals surface area contributed by atoms with Crippen molar-refractivity contribution >= 4 is 22.6 Å². The van der Waals surface area contributed by atoms with Crippen LogP contribution in [-0.4, -0.2) is 68.2 Å². The summed E-state index contributed by atoms with van der Waals surface area (Å²) >= 11 is 0. The summed E-state index contributed by atoms with van der Waals surface area (Å²) in [5, 5.41) is 0. The van der Waals surface area contributed by atoms with Crippen molar-refractivity contribution in [1.82, 2.24) is 9.80 Å². The van der Waals surface area contributed by atoms with Gasteiger partial charge in [-0.25, -0.2) is 0 Å². The van der Waals surface area contributed by atoms with E-state index >= 15 is 0 Å². The minimum atomic E-state index is 0.347. The van der Waals surface area contributed by atoms with Crippen molar-refractivity contribution in [3.05, 3.63) is 119 Å². The predicted molar refractivity (Wildman–Crippen MR) is 196 cm³/mol. The van der Waals surface area contributed by atoms with Gasteiger partial charge >= 0.3 is 0 Å². The molecule has 238 valence electrons. The third kappa shape index (κ3) is 7.29. The Morgan fingerprint density at radius 3 is 1.93 bits per heavy atom. The Labute approximate surface area is 273 Å². The molecule has 0 amide bonds. The SMILES string of the molecule is CCN(CC)CCN1c2ccccc2CCc2cc(C(=C3C=CC(N(CC)CC)C=C3)c3ccc(N(CC)CC)cc3)ccc21. The van der Waals surface area contributed by atoms with Crippen LogP contribution >= 0.6 is 0 Å². The Hall–Kier alpha value is -3.60. The fraction of sp³-hybridized carbons (Fsp3) is 0.415. The van der Waals surface area contributed by atoms with Crippen molar-refractivity contribution in [3.63, 3.8) is 0 Å². The quantitative estimate of drug-likeness (QED) is 0.194. The molecule has 3 aromatic rings. The van der Waals surface area contributed by atoms with Crippen molar-refractivity contribution in [3.8, 4) is 0 Å². The summed E-state index contributed by atoms with van der Waals surface area (Å²) in [5.74, 6) is 0. The number of aryl methyl sites for hydroxylation is 2. The maximum absolute atomic E-state index is 2.58. The zero-order valence-corrected chi connectivity index (χ0v) is 28.6. The van der Waals surface area contributed by atoms with Gasteiger partial charge in [0.15, 0.2) is 0 Å². The van der Waals surface area contributed by atoms with E-state index in [1.807, 2.05) is 0 Å². The molecule has 4 nitrogen and oxygen atoms in total. The van der Waals surface area contributed by atoms with E-state index in [0.29, 0.717) is 6.04 Å². The second kappa shape index (κ2) is 15.6. The molecule has 4 heteroatoms. The van der Waals surface area contributed by atoms with Gasteiger partial charge in [0.2, 0.25) is 0 Å². The number of anilines is 3. The molecule has 5 rings (SSSR count). The third-order valence-electron chi connectivity index (χ3n) is 9.89. The van der Waals surface area contributed by atoms with Gasteiger partial charge in [-0.3, -0.25) is 4.90 Å². The van der Waals surface area contributed by atoms with Gasteiger partial charge in [0, 0.05) is 49.3 Å². The average molecular weight is 603 g/mol. The summed E-state index contributed by atoms with van der Waals surface area (Å²) in [6, 6.07) is 25.9. The molecule has 45 heavy (non-hydrogen) atoms. The molecular formula is C41H54N4. The lowest BCUT2D eigenvalue weighted by molar-refractivity contribution is 0.287. The standard InChI is InChI=1S/C41H54N4/c1-7-42(8-2)29-30-45-39-16-14-13-15-32(39)17-18-35-31-36(23-28-40(35)45)41(33-19-24-37(25-20-33)43(9-3)10-4)34-21-26-38(27-22-34)44(11-5)12-6/h13-16,19-28,31,37H,7-12,17-18,29-30H2,1-6H3. The van der Waals surface area contributed by atoms with Crippen LogP contribution in [0.5, 0.6) is 0 Å². The molecule has 0 unspecified atom stereocenters. The van der Waals surface area contributed by atoms with Crippen LogP contribution in [0.25, 0.3) is 5.57 Å². The average Bonchev–Trinajstić information content (AvgIpc) is 3.24. The van der Waals surface area contributed by atoms with Crippen LogP contribution in [0.2, 0.25) is 0 Å². The van der Waals surface area contributed by atoms with Crippen molar-refractivity contribution < 1.29 is 0 Å². The number of likely N-dealkylation sites (N-methyl/N-ethyl adjacent to an activating group) is 2. The molecular weight excluding hydrogens is 548 g/mol. The van der Waals surface area contributed by atoms with E-state index in [1.54, 1.807) is 0 Å². The molecule has 1 heterocycles. The maximum atomic E-state index is 2.58. The second-order valence-corrected chi connectivity index (χ2v) is 12.1. The van der Waals surface area contributed by atoms with Gasteiger partial charge < -0.3 is 14.7 Å². The molecule has 0 aromatic heterocycles. The minimum Gasteiger partial charge on any atom is -0.372 e. The van der Waals surface area contributed by atoms with Crippen LogP contribution < -0.4 is 9.80 Å². The number of rotatable bonds is 13. The first-order valence-corrected chi connectivity index (χ1v) is 17.5. The first kappa shape index (κ1) is 32.8. The summed E-state index contributed by atoms with van der Waals surface area (Å²) in [4.78, 5) is 10.0. The summed E-state index contributed by atoms with van der Waals surface area (Å²) in [6.07, 6.45) is 11.6. The van der Waals surface area contributed by atoms with Crippen molar-refractivity contribution in [1.29, 1.82) is 0 Å². The normalized spacial score (nSPS) is 15.8. The summed E-state index contributed by atoms with van der Waals surface area (Å²) < 4.78 is 0. The highest BCUT2D eigenvalue weighted by Gasteiger charge is 2.23. The molecule has 0 N–H and O–H groups in total. The molecule has 0 saturated carbocycles. The predicted octanol–water partition coefficient (Wildman–Crippen LogP) is 8.75. The fourth-order valence-electron chi connectivity index (χ4n) is 7.12. The van der Waals surface area contributed by atoms with Crippen LogP contribution in [0, 0.1) is 0 Å². The molecule has 0 saturated heterocycles. The Morgan fingerprint density at radius 1 is 0.667 bits per heavy atom. The molecule has 1 aliphatic heterocycles. The first-order valence-electron chi connectivity index (χ1n) is 17.5. The summed E-state index contributed by atoms with van der Waals surface area (Å²) in [6.45, 7) is 21.8. The maximum Gasteiger partial charge on any atom is 0.0467 e. The van der Waals surface area contributed by atoms with Crippen LogP contribution in [0.15, 0.2) is 96.6 Å².